The Kier molecular flexibility index (Phi) is 3.48. The molecule has 0 spiro atoms. The summed E-state index contributed by atoms with van der Waals surface area (Å²) >= 11 is 0. The molecule has 1 saturated heterocycles. The van der Waals surface area contributed by atoms with E-state index < -0.39 is 16.4 Å². The minimum atomic E-state index is -3.80. The fraction of sp³-hybridized carbons (Fsp3) is 0.455. The van der Waals surface area contributed by atoms with Gasteiger partial charge in [-0.1, -0.05) is 17.7 Å². The molecule has 0 amide bonds. The maximum atomic E-state index is 12.0. The Hall–Kier alpha value is -0.950. The highest BCUT2D eigenvalue weighted by molar-refractivity contribution is 7.86. The molecule has 0 radical (unpaired) electrons. The molecule has 1 aliphatic heterocycles. The van der Waals surface area contributed by atoms with E-state index in [2.05, 4.69) is 0 Å². The van der Waals surface area contributed by atoms with Crippen molar-refractivity contribution >= 4 is 10.1 Å². The molecule has 1 aromatic carbocycles. The van der Waals surface area contributed by atoms with Crippen LogP contribution in [0, 0.1) is 13.8 Å². The van der Waals surface area contributed by atoms with Crippen LogP contribution in [-0.4, -0.2) is 28.1 Å². The number of rotatable bonds is 3. The van der Waals surface area contributed by atoms with Crippen LogP contribution in [0.3, 0.4) is 0 Å². The molecule has 0 saturated carbocycles. The second-order valence-electron chi connectivity index (χ2n) is 3.90. The molecule has 1 heterocycles. The first-order valence-electron chi connectivity index (χ1n) is 5.19. The fourth-order valence-electron chi connectivity index (χ4n) is 1.64. The molecule has 6 heteroatoms. The van der Waals surface area contributed by atoms with Crippen molar-refractivity contribution in [2.45, 2.75) is 25.0 Å². The normalized spacial score (nSPS) is 20.7. The summed E-state index contributed by atoms with van der Waals surface area (Å²) in [5, 5.41) is 0. The predicted octanol–water partition coefficient (Wildman–Crippen LogP) is 1.34. The van der Waals surface area contributed by atoms with E-state index in [1.165, 1.54) is 6.07 Å². The van der Waals surface area contributed by atoms with Gasteiger partial charge in [-0.05, 0) is 25.5 Å². The van der Waals surface area contributed by atoms with Crippen molar-refractivity contribution in [2.24, 2.45) is 0 Å². The van der Waals surface area contributed by atoms with Gasteiger partial charge >= 0.3 is 0 Å². The van der Waals surface area contributed by atoms with Gasteiger partial charge in [0.1, 0.15) is 13.4 Å². The van der Waals surface area contributed by atoms with E-state index in [9.17, 15) is 8.42 Å². The third-order valence-electron chi connectivity index (χ3n) is 2.42. The summed E-state index contributed by atoms with van der Waals surface area (Å²) in [6, 6.07) is 5.06. The van der Waals surface area contributed by atoms with E-state index in [1.807, 2.05) is 6.92 Å². The van der Waals surface area contributed by atoms with E-state index in [4.69, 9.17) is 13.7 Å². The first-order chi connectivity index (χ1) is 7.99. The second-order valence-corrected chi connectivity index (χ2v) is 5.44. The fourth-order valence-corrected chi connectivity index (χ4v) is 2.83. The minimum Gasteiger partial charge on any atom is -0.350 e. The van der Waals surface area contributed by atoms with Crippen LogP contribution in [0.4, 0.5) is 0 Å². The van der Waals surface area contributed by atoms with Gasteiger partial charge < -0.3 is 9.47 Å². The molecule has 5 nitrogen and oxygen atoms in total. The Morgan fingerprint density at radius 1 is 1.35 bits per heavy atom. The van der Waals surface area contributed by atoms with Gasteiger partial charge in [0.25, 0.3) is 10.1 Å². The molecule has 0 aromatic heterocycles. The smallest absolute Gasteiger partial charge is 0.299 e. The SMILES string of the molecule is Cc1ccc(S(=O)(=O)OC2COCO2)c(C)c1. The zero-order chi connectivity index (χ0) is 12.5. The molecule has 1 aromatic rings. The Balaban J connectivity index is 2.24. The van der Waals surface area contributed by atoms with Crippen molar-refractivity contribution in [2.75, 3.05) is 13.4 Å². The van der Waals surface area contributed by atoms with Crippen molar-refractivity contribution in [1.82, 2.24) is 0 Å². The summed E-state index contributed by atoms with van der Waals surface area (Å²) in [7, 11) is -3.80. The van der Waals surface area contributed by atoms with Gasteiger partial charge in [0, 0.05) is 0 Å². The Labute approximate surface area is 100 Å². The molecular formula is C11H14O5S. The Morgan fingerprint density at radius 3 is 2.71 bits per heavy atom. The topological polar surface area (TPSA) is 61.8 Å². The first-order valence-corrected chi connectivity index (χ1v) is 6.60. The van der Waals surface area contributed by atoms with Crippen LogP contribution in [0.2, 0.25) is 0 Å². The van der Waals surface area contributed by atoms with Crippen molar-refractivity contribution in [3.8, 4) is 0 Å². The van der Waals surface area contributed by atoms with Gasteiger partial charge in [-0.2, -0.15) is 8.42 Å². The lowest BCUT2D eigenvalue weighted by atomic mass is 10.2. The van der Waals surface area contributed by atoms with Crippen LogP contribution in [0.25, 0.3) is 0 Å². The number of aryl methyl sites for hydroxylation is 2. The molecule has 1 fully saturated rings. The van der Waals surface area contributed by atoms with Crippen LogP contribution >= 0.6 is 0 Å². The molecule has 17 heavy (non-hydrogen) atoms. The van der Waals surface area contributed by atoms with Gasteiger partial charge in [-0.15, -0.1) is 0 Å². The number of hydrogen-bond donors (Lipinski definition) is 0. The summed E-state index contributed by atoms with van der Waals surface area (Å²) < 4.78 is 38.7. The summed E-state index contributed by atoms with van der Waals surface area (Å²) in [6.45, 7) is 3.82. The molecule has 0 aliphatic carbocycles. The summed E-state index contributed by atoms with van der Waals surface area (Å²) in [4.78, 5) is 0.165. The number of hydrogen-bond acceptors (Lipinski definition) is 5. The summed E-state index contributed by atoms with van der Waals surface area (Å²) in [5.41, 5.74) is 1.66. The van der Waals surface area contributed by atoms with Gasteiger partial charge in [0.05, 0.1) is 4.90 Å². The highest BCUT2D eigenvalue weighted by Crippen LogP contribution is 2.21. The third kappa shape index (κ3) is 2.84. The maximum absolute atomic E-state index is 12.0. The van der Waals surface area contributed by atoms with Crippen molar-refractivity contribution in [3.05, 3.63) is 29.3 Å². The average molecular weight is 258 g/mol. The molecule has 1 unspecified atom stereocenters. The molecule has 1 atom stereocenters. The monoisotopic (exact) mass is 258 g/mol. The van der Waals surface area contributed by atoms with E-state index in [0.29, 0.717) is 5.56 Å². The second kappa shape index (κ2) is 4.73. The van der Waals surface area contributed by atoms with Crippen molar-refractivity contribution in [3.63, 3.8) is 0 Å². The predicted molar refractivity (Wildman–Crippen MR) is 59.9 cm³/mol. The summed E-state index contributed by atoms with van der Waals surface area (Å²) in [6.07, 6.45) is -0.847. The van der Waals surface area contributed by atoms with Gasteiger partial charge in [0.15, 0.2) is 0 Å². The number of benzene rings is 1. The van der Waals surface area contributed by atoms with E-state index >= 15 is 0 Å². The highest BCUT2D eigenvalue weighted by Gasteiger charge is 2.26. The first kappa shape index (κ1) is 12.5. The van der Waals surface area contributed by atoms with Crippen LogP contribution < -0.4 is 0 Å². The molecule has 1 aliphatic rings. The van der Waals surface area contributed by atoms with Crippen molar-refractivity contribution < 1.29 is 22.1 Å². The Bertz CT molecular complexity index is 503. The average Bonchev–Trinajstić information content (AvgIpc) is 2.68. The van der Waals surface area contributed by atoms with E-state index in [-0.39, 0.29) is 18.3 Å². The zero-order valence-corrected chi connectivity index (χ0v) is 10.5. The largest absolute Gasteiger partial charge is 0.350 e. The third-order valence-corrected chi connectivity index (χ3v) is 3.89. The summed E-state index contributed by atoms with van der Waals surface area (Å²) in [5.74, 6) is 0. The minimum absolute atomic E-state index is 0.0626. The van der Waals surface area contributed by atoms with Gasteiger partial charge in [-0.3, -0.25) is 0 Å². The van der Waals surface area contributed by atoms with Crippen LogP contribution in [0.5, 0.6) is 0 Å². The van der Waals surface area contributed by atoms with Gasteiger partial charge in [0.2, 0.25) is 6.29 Å². The van der Waals surface area contributed by atoms with E-state index in [1.54, 1.807) is 19.1 Å². The van der Waals surface area contributed by atoms with Gasteiger partial charge in [-0.25, -0.2) is 4.18 Å². The Morgan fingerprint density at radius 2 is 2.12 bits per heavy atom. The van der Waals surface area contributed by atoms with Crippen LogP contribution in [0.15, 0.2) is 23.1 Å². The van der Waals surface area contributed by atoms with Crippen molar-refractivity contribution in [1.29, 1.82) is 0 Å². The highest BCUT2D eigenvalue weighted by atomic mass is 32.2. The lowest BCUT2D eigenvalue weighted by molar-refractivity contribution is -0.0372. The maximum Gasteiger partial charge on any atom is 0.299 e. The molecule has 94 valence electrons. The molecule has 0 bridgehead atoms. The zero-order valence-electron chi connectivity index (χ0n) is 9.67. The van der Waals surface area contributed by atoms with Crippen LogP contribution in [0.1, 0.15) is 11.1 Å². The molecule has 0 N–H and O–H groups in total. The standard InChI is InChI=1S/C11H14O5S/c1-8-3-4-10(9(2)5-8)17(12,13)16-11-6-14-7-15-11/h3-5,11H,6-7H2,1-2H3. The quantitative estimate of drug-likeness (QED) is 0.766. The molecule has 2 rings (SSSR count). The van der Waals surface area contributed by atoms with Crippen LogP contribution in [-0.2, 0) is 23.8 Å². The lowest BCUT2D eigenvalue weighted by Gasteiger charge is -2.11. The number of ether oxygens (including phenoxy) is 2. The van der Waals surface area contributed by atoms with E-state index in [0.717, 1.165) is 5.56 Å². The lowest BCUT2D eigenvalue weighted by Crippen LogP contribution is -2.20. The molecular weight excluding hydrogens is 244 g/mol.